The quantitative estimate of drug-likeness (QED) is 0.794. The van der Waals surface area contributed by atoms with Crippen molar-refractivity contribution < 1.29 is 9.63 Å². The van der Waals surface area contributed by atoms with E-state index in [0.717, 1.165) is 24.8 Å². The first-order chi connectivity index (χ1) is 7.79. The number of nitrogens with two attached hydrogens (primary N) is 1. The van der Waals surface area contributed by atoms with Crippen LogP contribution in [0.1, 0.15) is 42.7 Å². The Hall–Kier alpha value is -1.19. The van der Waals surface area contributed by atoms with E-state index in [2.05, 4.69) is 17.0 Å². The standard InChI is InChI=1S/C13H17NO2/c14-16-9-10-4-6-11(7-5-10)12-2-1-3-13(15)8-12/h4-7,12H,1-3,8-9,14H2. The van der Waals surface area contributed by atoms with Gasteiger partial charge < -0.3 is 0 Å². The van der Waals surface area contributed by atoms with E-state index in [-0.39, 0.29) is 0 Å². The van der Waals surface area contributed by atoms with Gasteiger partial charge in [-0.2, -0.15) is 0 Å². The Morgan fingerprint density at radius 1 is 1.31 bits per heavy atom. The Morgan fingerprint density at radius 2 is 2.06 bits per heavy atom. The molecule has 16 heavy (non-hydrogen) atoms. The van der Waals surface area contributed by atoms with Crippen LogP contribution in [0.5, 0.6) is 0 Å². The molecule has 1 aromatic rings. The molecule has 2 N–H and O–H groups in total. The van der Waals surface area contributed by atoms with E-state index in [4.69, 9.17) is 5.90 Å². The second-order valence-electron chi connectivity index (χ2n) is 4.38. The van der Waals surface area contributed by atoms with E-state index < -0.39 is 0 Å². The van der Waals surface area contributed by atoms with Gasteiger partial charge in [-0.3, -0.25) is 9.63 Å². The van der Waals surface area contributed by atoms with E-state index in [9.17, 15) is 4.79 Å². The maximum Gasteiger partial charge on any atom is 0.133 e. The summed E-state index contributed by atoms with van der Waals surface area (Å²) in [5, 5.41) is 0. The zero-order chi connectivity index (χ0) is 11.4. The lowest BCUT2D eigenvalue weighted by molar-refractivity contribution is -0.120. The SMILES string of the molecule is NOCc1ccc(C2CCCC(=O)C2)cc1. The van der Waals surface area contributed by atoms with Crippen molar-refractivity contribution in [2.24, 2.45) is 5.90 Å². The van der Waals surface area contributed by atoms with Crippen LogP contribution in [0.15, 0.2) is 24.3 Å². The fraction of sp³-hybridized carbons (Fsp3) is 0.462. The van der Waals surface area contributed by atoms with Crippen LogP contribution in [0.3, 0.4) is 0 Å². The number of rotatable bonds is 3. The highest BCUT2D eigenvalue weighted by molar-refractivity contribution is 5.80. The van der Waals surface area contributed by atoms with Crippen LogP contribution >= 0.6 is 0 Å². The Kier molecular flexibility index (Phi) is 3.70. The van der Waals surface area contributed by atoms with Gasteiger partial charge in [-0.1, -0.05) is 24.3 Å². The number of carbonyl (C=O) groups excluding carboxylic acids is 1. The summed E-state index contributed by atoms with van der Waals surface area (Å²) in [6.07, 6.45) is 3.61. The first kappa shape index (κ1) is 11.3. The van der Waals surface area contributed by atoms with Crippen LogP contribution in [0.4, 0.5) is 0 Å². The van der Waals surface area contributed by atoms with Crippen molar-refractivity contribution in [2.45, 2.75) is 38.2 Å². The topological polar surface area (TPSA) is 52.3 Å². The summed E-state index contributed by atoms with van der Waals surface area (Å²) in [4.78, 5) is 16.0. The van der Waals surface area contributed by atoms with Crippen molar-refractivity contribution in [3.8, 4) is 0 Å². The predicted octanol–water partition coefficient (Wildman–Crippen LogP) is 2.30. The van der Waals surface area contributed by atoms with Gasteiger partial charge in [0.1, 0.15) is 5.78 Å². The molecule has 0 radical (unpaired) electrons. The minimum absolute atomic E-state index is 0.394. The third-order valence-corrected chi connectivity index (χ3v) is 3.18. The second-order valence-corrected chi connectivity index (χ2v) is 4.38. The molecular weight excluding hydrogens is 202 g/mol. The Morgan fingerprint density at radius 3 is 2.69 bits per heavy atom. The summed E-state index contributed by atoms with van der Waals surface area (Å²) in [5.74, 6) is 5.82. The summed E-state index contributed by atoms with van der Waals surface area (Å²) >= 11 is 0. The number of benzene rings is 1. The zero-order valence-electron chi connectivity index (χ0n) is 9.32. The number of hydrogen-bond acceptors (Lipinski definition) is 3. The lowest BCUT2D eigenvalue weighted by Gasteiger charge is -2.21. The Balaban J connectivity index is 2.05. The largest absolute Gasteiger partial charge is 0.300 e. The molecule has 2 rings (SSSR count). The van der Waals surface area contributed by atoms with Crippen LogP contribution in [0.25, 0.3) is 0 Å². The zero-order valence-corrected chi connectivity index (χ0v) is 9.32. The molecule has 1 atom stereocenters. The molecule has 1 aromatic carbocycles. The Labute approximate surface area is 95.5 Å². The predicted molar refractivity (Wildman–Crippen MR) is 61.6 cm³/mol. The Bertz CT molecular complexity index is 359. The molecule has 3 heteroatoms. The summed E-state index contributed by atoms with van der Waals surface area (Å²) < 4.78 is 0. The molecule has 1 aliphatic rings. The summed E-state index contributed by atoms with van der Waals surface area (Å²) in [5.41, 5.74) is 2.32. The van der Waals surface area contributed by atoms with Crippen LogP contribution in [0, 0.1) is 0 Å². The molecule has 0 saturated heterocycles. The molecular formula is C13H17NO2. The van der Waals surface area contributed by atoms with Gasteiger partial charge in [0.2, 0.25) is 0 Å². The fourth-order valence-electron chi connectivity index (χ4n) is 2.29. The minimum atomic E-state index is 0.394. The number of Topliss-reactive ketones (excluding diaryl/α,β-unsaturated/α-hetero) is 1. The summed E-state index contributed by atoms with van der Waals surface area (Å²) in [7, 11) is 0. The van der Waals surface area contributed by atoms with Crippen LogP contribution in [-0.4, -0.2) is 5.78 Å². The molecule has 1 aliphatic carbocycles. The molecule has 86 valence electrons. The number of hydrogen-bond donors (Lipinski definition) is 1. The van der Waals surface area contributed by atoms with Gasteiger partial charge in [0.15, 0.2) is 0 Å². The molecule has 0 bridgehead atoms. The van der Waals surface area contributed by atoms with E-state index in [0.29, 0.717) is 24.7 Å². The maximum atomic E-state index is 11.4. The second kappa shape index (κ2) is 5.23. The average Bonchev–Trinajstić information content (AvgIpc) is 2.30. The first-order valence-corrected chi connectivity index (χ1v) is 5.72. The van der Waals surface area contributed by atoms with E-state index in [1.165, 1.54) is 5.56 Å². The lowest BCUT2D eigenvalue weighted by Crippen LogP contribution is -2.13. The normalized spacial score (nSPS) is 21.1. The third kappa shape index (κ3) is 2.68. The monoisotopic (exact) mass is 219 g/mol. The highest BCUT2D eigenvalue weighted by atomic mass is 16.6. The molecule has 3 nitrogen and oxygen atoms in total. The van der Waals surface area contributed by atoms with E-state index in [1.807, 2.05) is 12.1 Å². The van der Waals surface area contributed by atoms with Gasteiger partial charge in [0, 0.05) is 12.8 Å². The minimum Gasteiger partial charge on any atom is -0.300 e. The molecule has 0 spiro atoms. The van der Waals surface area contributed by atoms with Gasteiger partial charge in [-0.25, -0.2) is 5.90 Å². The van der Waals surface area contributed by atoms with Crippen molar-refractivity contribution in [3.05, 3.63) is 35.4 Å². The van der Waals surface area contributed by atoms with Crippen molar-refractivity contribution >= 4 is 5.78 Å². The lowest BCUT2D eigenvalue weighted by atomic mass is 9.83. The molecule has 0 amide bonds. The van der Waals surface area contributed by atoms with E-state index >= 15 is 0 Å². The van der Waals surface area contributed by atoms with Gasteiger partial charge in [-0.15, -0.1) is 0 Å². The third-order valence-electron chi connectivity index (χ3n) is 3.18. The molecule has 0 aliphatic heterocycles. The van der Waals surface area contributed by atoms with Gasteiger partial charge >= 0.3 is 0 Å². The van der Waals surface area contributed by atoms with Gasteiger partial charge in [-0.05, 0) is 29.9 Å². The number of carbonyl (C=O) groups is 1. The van der Waals surface area contributed by atoms with Gasteiger partial charge in [0.25, 0.3) is 0 Å². The van der Waals surface area contributed by atoms with Crippen LogP contribution < -0.4 is 5.90 Å². The molecule has 0 aromatic heterocycles. The van der Waals surface area contributed by atoms with Crippen molar-refractivity contribution in [1.29, 1.82) is 0 Å². The average molecular weight is 219 g/mol. The van der Waals surface area contributed by atoms with Gasteiger partial charge in [0.05, 0.1) is 6.61 Å². The summed E-state index contributed by atoms with van der Waals surface area (Å²) in [6.45, 7) is 0.434. The molecule has 1 fully saturated rings. The van der Waals surface area contributed by atoms with Crippen molar-refractivity contribution in [3.63, 3.8) is 0 Å². The molecule has 1 unspecified atom stereocenters. The first-order valence-electron chi connectivity index (χ1n) is 5.72. The highest BCUT2D eigenvalue weighted by Gasteiger charge is 2.20. The van der Waals surface area contributed by atoms with Crippen molar-refractivity contribution in [2.75, 3.05) is 0 Å². The highest BCUT2D eigenvalue weighted by Crippen LogP contribution is 2.30. The fourth-order valence-corrected chi connectivity index (χ4v) is 2.29. The molecule has 0 heterocycles. The maximum absolute atomic E-state index is 11.4. The van der Waals surface area contributed by atoms with Crippen LogP contribution in [0.2, 0.25) is 0 Å². The smallest absolute Gasteiger partial charge is 0.133 e. The van der Waals surface area contributed by atoms with Crippen LogP contribution in [-0.2, 0) is 16.2 Å². The summed E-state index contributed by atoms with van der Waals surface area (Å²) in [6, 6.07) is 8.19. The van der Waals surface area contributed by atoms with E-state index in [1.54, 1.807) is 0 Å². The number of ketones is 1. The van der Waals surface area contributed by atoms with Crippen molar-refractivity contribution in [1.82, 2.24) is 0 Å². The molecule has 1 saturated carbocycles.